The molecule has 0 bridgehead atoms. The fourth-order valence-electron chi connectivity index (χ4n) is 8.73. The van der Waals surface area contributed by atoms with Crippen molar-refractivity contribution in [3.8, 4) is 0 Å². The second-order valence-electron chi connectivity index (χ2n) is 19.3. The van der Waals surface area contributed by atoms with Gasteiger partial charge in [-0.05, 0) is 87.4 Å². The summed E-state index contributed by atoms with van der Waals surface area (Å²) in [4.78, 5) is 62.4. The monoisotopic (exact) mass is 841 g/mol. The molecule has 17 nitrogen and oxygen atoms in total. The third kappa shape index (κ3) is 21.8. The predicted octanol–water partition coefficient (Wildman–Crippen LogP) is 4.99. The minimum atomic E-state index is -1.25. The first-order valence-electron chi connectivity index (χ1n) is 21.1. The Morgan fingerprint density at radius 2 is 1.17 bits per heavy atom. The molecule has 0 aromatic heterocycles. The van der Waals surface area contributed by atoms with Crippen molar-refractivity contribution in [3.63, 3.8) is 0 Å². The van der Waals surface area contributed by atoms with Gasteiger partial charge in [0, 0.05) is 44.1 Å². The zero-order valence-corrected chi connectivity index (χ0v) is 37.3. The maximum absolute atomic E-state index is 13.0. The molecule has 2 rings (SSSR count). The van der Waals surface area contributed by atoms with E-state index in [-0.39, 0.29) is 84.6 Å². The van der Waals surface area contributed by atoms with Crippen molar-refractivity contribution in [1.82, 2.24) is 31.9 Å². The quantitative estimate of drug-likeness (QED) is 0.0434. The highest BCUT2D eigenvalue weighted by molar-refractivity contribution is 5.77. The van der Waals surface area contributed by atoms with Crippen molar-refractivity contribution in [2.75, 3.05) is 39.6 Å². The standard InChI is InChI=1S/C42H76N6O11/c1-11-33(14-12-13-15-34(51)46-27-45-28(2)3)59-38(55)48-31-17-40(7,8)24-42(10,19-31)26-44-36(53)57-21-32(50)22-58-37(54)47-30-16-39(5,6)23-41(9,18-30)25-43-35(52)56-20-29(4)49/h12-13,28-33,45,49-50H,11,14-27H2,1-10H3,(H,43,52)(H,44,53)(H,46,51)(H,47,54)(H,48,55)/b13-12+. The molecule has 7 unspecified atom stereocenters. The number of hydrogen-bond acceptors (Lipinski definition) is 12. The molecule has 340 valence electrons. The molecule has 0 aromatic carbocycles. The van der Waals surface area contributed by atoms with E-state index in [1.165, 1.54) is 6.92 Å². The largest absolute Gasteiger partial charge is 0.447 e. The number of rotatable bonds is 21. The highest BCUT2D eigenvalue weighted by Crippen LogP contribution is 2.47. The van der Waals surface area contributed by atoms with Gasteiger partial charge in [0.2, 0.25) is 5.91 Å². The first kappa shape index (κ1) is 51.3. The smallest absolute Gasteiger partial charge is 0.407 e. The van der Waals surface area contributed by atoms with E-state index in [0.717, 1.165) is 19.3 Å². The summed E-state index contributed by atoms with van der Waals surface area (Å²) in [5.74, 6) is -0.0931. The first-order chi connectivity index (χ1) is 27.4. The fraction of sp³-hybridized carbons (Fsp3) is 0.833. The van der Waals surface area contributed by atoms with Crippen molar-refractivity contribution in [2.45, 2.75) is 163 Å². The summed E-state index contributed by atoms with van der Waals surface area (Å²) in [6.07, 6.45) is 4.22. The molecule has 2 aliphatic rings. The predicted molar refractivity (Wildman–Crippen MR) is 223 cm³/mol. The van der Waals surface area contributed by atoms with Crippen molar-refractivity contribution in [2.24, 2.45) is 21.7 Å². The van der Waals surface area contributed by atoms with E-state index in [0.29, 0.717) is 45.3 Å². The Balaban J connectivity index is 1.76. The molecular formula is C42H76N6O11. The fourth-order valence-corrected chi connectivity index (χ4v) is 8.73. The van der Waals surface area contributed by atoms with Gasteiger partial charge in [0.25, 0.3) is 0 Å². The number of nitrogens with one attached hydrogen (secondary N) is 6. The molecule has 7 atom stereocenters. The first-order valence-corrected chi connectivity index (χ1v) is 21.1. The number of aliphatic hydroxyl groups excluding tert-OH is 2. The molecule has 2 aliphatic carbocycles. The van der Waals surface area contributed by atoms with Crippen LogP contribution in [0, 0.1) is 21.7 Å². The molecule has 0 spiro atoms. The molecule has 5 amide bonds. The van der Waals surface area contributed by atoms with Crippen LogP contribution in [0.1, 0.15) is 127 Å². The SMILES string of the molecule is CCC(C/C=C/CC(=O)NCNC(C)C)OC(=O)NC1CC(C)(C)CC(C)(CNC(=O)OCC(O)COC(=O)NC2CC(C)(C)CC(C)(CNC(=O)OCC(C)O)C2)C1. The van der Waals surface area contributed by atoms with Gasteiger partial charge in [-0.25, -0.2) is 19.2 Å². The maximum Gasteiger partial charge on any atom is 0.407 e. The van der Waals surface area contributed by atoms with Crippen LogP contribution in [0.25, 0.3) is 0 Å². The average Bonchev–Trinajstić information content (AvgIpc) is 3.09. The Bertz CT molecular complexity index is 1390. The van der Waals surface area contributed by atoms with Gasteiger partial charge in [-0.2, -0.15) is 0 Å². The van der Waals surface area contributed by atoms with E-state index in [1.807, 2.05) is 40.7 Å². The third-order valence-electron chi connectivity index (χ3n) is 10.5. The van der Waals surface area contributed by atoms with Crippen LogP contribution < -0.4 is 31.9 Å². The van der Waals surface area contributed by atoms with Gasteiger partial charge < -0.3 is 55.7 Å². The van der Waals surface area contributed by atoms with Crippen LogP contribution >= 0.6 is 0 Å². The number of carbonyl (C=O) groups excluding carboxylic acids is 5. The van der Waals surface area contributed by atoms with E-state index < -0.39 is 36.6 Å². The van der Waals surface area contributed by atoms with Gasteiger partial charge >= 0.3 is 24.4 Å². The van der Waals surface area contributed by atoms with Crippen LogP contribution in [0.5, 0.6) is 0 Å². The number of carbonyl (C=O) groups is 5. The molecule has 2 fully saturated rings. The van der Waals surface area contributed by atoms with Crippen LogP contribution in [0.15, 0.2) is 12.2 Å². The van der Waals surface area contributed by atoms with Crippen molar-refractivity contribution < 1.29 is 53.1 Å². The lowest BCUT2D eigenvalue weighted by molar-refractivity contribution is -0.120. The summed E-state index contributed by atoms with van der Waals surface area (Å²) in [5, 5.41) is 37.2. The summed E-state index contributed by atoms with van der Waals surface area (Å²) in [7, 11) is 0. The van der Waals surface area contributed by atoms with Gasteiger partial charge in [0.1, 0.15) is 32.0 Å². The third-order valence-corrected chi connectivity index (χ3v) is 10.5. The topological polar surface area (TPSA) is 235 Å². The summed E-state index contributed by atoms with van der Waals surface area (Å²) in [6.45, 7) is 20.1. The second kappa shape index (κ2) is 23.8. The number of alkyl carbamates (subject to hydrolysis) is 4. The van der Waals surface area contributed by atoms with Crippen LogP contribution in [0.3, 0.4) is 0 Å². The Labute approximate surface area is 351 Å². The molecule has 0 radical (unpaired) electrons. The van der Waals surface area contributed by atoms with Crippen LogP contribution in [0.2, 0.25) is 0 Å². The Morgan fingerprint density at radius 1 is 0.678 bits per heavy atom. The highest BCUT2D eigenvalue weighted by atomic mass is 16.6. The number of aliphatic hydroxyl groups is 2. The lowest BCUT2D eigenvalue weighted by Crippen LogP contribution is -2.51. The van der Waals surface area contributed by atoms with Gasteiger partial charge in [0.05, 0.1) is 12.8 Å². The van der Waals surface area contributed by atoms with E-state index >= 15 is 0 Å². The highest BCUT2D eigenvalue weighted by Gasteiger charge is 2.43. The zero-order valence-electron chi connectivity index (χ0n) is 37.3. The van der Waals surface area contributed by atoms with Crippen molar-refractivity contribution >= 4 is 30.3 Å². The molecule has 0 aromatic rings. The van der Waals surface area contributed by atoms with E-state index in [1.54, 1.807) is 6.08 Å². The second-order valence-corrected chi connectivity index (χ2v) is 19.3. The van der Waals surface area contributed by atoms with Crippen LogP contribution in [0.4, 0.5) is 19.2 Å². The Kier molecular flexibility index (Phi) is 20.7. The van der Waals surface area contributed by atoms with Gasteiger partial charge in [-0.15, -0.1) is 0 Å². The van der Waals surface area contributed by atoms with Crippen molar-refractivity contribution in [1.29, 1.82) is 0 Å². The van der Waals surface area contributed by atoms with Gasteiger partial charge in [-0.3, -0.25) is 10.1 Å². The summed E-state index contributed by atoms with van der Waals surface area (Å²) >= 11 is 0. The molecule has 17 heteroatoms. The Morgan fingerprint density at radius 3 is 1.66 bits per heavy atom. The van der Waals surface area contributed by atoms with Gasteiger partial charge in [-0.1, -0.05) is 60.6 Å². The molecule has 0 saturated heterocycles. The molecule has 59 heavy (non-hydrogen) atoms. The lowest BCUT2D eigenvalue weighted by atomic mass is 9.62. The van der Waals surface area contributed by atoms with E-state index in [2.05, 4.69) is 59.6 Å². The molecule has 0 aliphatic heterocycles. The minimum Gasteiger partial charge on any atom is -0.447 e. The molecule has 8 N–H and O–H groups in total. The zero-order chi connectivity index (χ0) is 44.4. The number of hydrogen-bond donors (Lipinski definition) is 8. The average molecular weight is 841 g/mol. The number of amides is 5. The normalized spacial score (nSPS) is 25.2. The Hall–Kier alpha value is -3.83. The molecular weight excluding hydrogens is 764 g/mol. The van der Waals surface area contributed by atoms with E-state index in [9.17, 15) is 34.2 Å². The lowest BCUT2D eigenvalue weighted by Gasteiger charge is -2.46. The number of ether oxygens (including phenoxy) is 4. The van der Waals surface area contributed by atoms with E-state index in [4.69, 9.17) is 18.9 Å². The maximum atomic E-state index is 13.0. The van der Waals surface area contributed by atoms with Gasteiger partial charge in [0.15, 0.2) is 0 Å². The van der Waals surface area contributed by atoms with Crippen LogP contribution in [-0.2, 0) is 23.7 Å². The summed E-state index contributed by atoms with van der Waals surface area (Å²) in [5.41, 5.74) is -1.01. The minimum absolute atomic E-state index is 0.0931. The summed E-state index contributed by atoms with van der Waals surface area (Å²) < 4.78 is 21.2. The van der Waals surface area contributed by atoms with Crippen LogP contribution in [-0.4, -0.2) is 117 Å². The summed E-state index contributed by atoms with van der Waals surface area (Å²) in [6, 6.07) is -0.161. The molecule has 2 saturated carbocycles. The molecule has 0 heterocycles. The van der Waals surface area contributed by atoms with Crippen molar-refractivity contribution in [3.05, 3.63) is 12.2 Å².